The fraction of sp³-hybridized carbons (Fsp3) is 0.406. The molecule has 2 aromatic heterocycles. The minimum atomic E-state index is -0.489. The third-order valence-electron chi connectivity index (χ3n) is 7.96. The number of nitrogens with zero attached hydrogens (tertiary/aromatic N) is 3. The Morgan fingerprint density at radius 2 is 1.98 bits per heavy atom. The van der Waals surface area contributed by atoms with Crippen molar-refractivity contribution in [3.8, 4) is 16.9 Å². The number of aromatic amines is 1. The number of rotatable bonds is 10. The van der Waals surface area contributed by atoms with E-state index in [4.69, 9.17) is 23.1 Å². The quantitative estimate of drug-likeness (QED) is 0.133. The zero-order chi connectivity index (χ0) is 29.8. The highest BCUT2D eigenvalue weighted by Crippen LogP contribution is 2.32. The topological polar surface area (TPSA) is 127 Å². The van der Waals surface area contributed by atoms with Crippen LogP contribution in [0.15, 0.2) is 58.4 Å². The van der Waals surface area contributed by atoms with Gasteiger partial charge in [0.25, 0.3) is 0 Å². The molecule has 1 fully saturated rings. The van der Waals surface area contributed by atoms with Crippen molar-refractivity contribution in [2.24, 2.45) is 22.4 Å². The molecule has 6 N–H and O–H groups in total. The molecule has 0 bridgehead atoms. The predicted octanol–water partition coefficient (Wildman–Crippen LogP) is 6.00. The Bertz CT molecular complexity index is 1620. The number of benzene rings is 2. The number of aliphatic imine (C=N–C) groups is 1. The van der Waals surface area contributed by atoms with Crippen LogP contribution in [0.3, 0.4) is 0 Å². The number of guanidine groups is 1. The van der Waals surface area contributed by atoms with Gasteiger partial charge in [-0.2, -0.15) is 4.98 Å². The van der Waals surface area contributed by atoms with Crippen molar-refractivity contribution in [3.05, 3.63) is 81.1 Å². The van der Waals surface area contributed by atoms with Crippen molar-refractivity contribution in [3.63, 3.8) is 0 Å². The number of nitrogens with two attached hydrogens (primary N) is 2. The number of nitrogens with one attached hydrogen (secondary N) is 2. The highest BCUT2D eigenvalue weighted by atomic mass is 35.5. The molecule has 4 aromatic rings. The first kappa shape index (κ1) is 29.8. The van der Waals surface area contributed by atoms with Gasteiger partial charge in [-0.15, -0.1) is 0 Å². The van der Waals surface area contributed by atoms with Crippen LogP contribution in [0.2, 0.25) is 5.02 Å². The van der Waals surface area contributed by atoms with Crippen LogP contribution in [0, 0.1) is 11.7 Å². The maximum Gasteiger partial charge on any atom is 0.354 e. The molecule has 2 aromatic carbocycles. The van der Waals surface area contributed by atoms with E-state index in [-0.39, 0.29) is 17.0 Å². The maximum atomic E-state index is 15.1. The lowest BCUT2D eigenvalue weighted by Gasteiger charge is -2.31. The molecule has 8 nitrogen and oxygen atoms in total. The van der Waals surface area contributed by atoms with Gasteiger partial charge in [-0.1, -0.05) is 50.4 Å². The summed E-state index contributed by atoms with van der Waals surface area (Å²) in [6.45, 7) is 4.98. The van der Waals surface area contributed by atoms with E-state index >= 15 is 4.39 Å². The summed E-state index contributed by atoms with van der Waals surface area (Å²) in [4.78, 5) is 24.5. The number of piperidine rings is 1. The Morgan fingerprint density at radius 3 is 2.71 bits per heavy atom. The molecule has 0 amide bonds. The lowest BCUT2D eigenvalue weighted by atomic mass is 9.92. The molecule has 42 heavy (non-hydrogen) atoms. The van der Waals surface area contributed by atoms with Crippen molar-refractivity contribution in [1.29, 1.82) is 0 Å². The van der Waals surface area contributed by atoms with Crippen molar-refractivity contribution >= 4 is 28.6 Å². The first-order chi connectivity index (χ1) is 20.2. The first-order valence-corrected chi connectivity index (χ1v) is 15.1. The molecule has 0 saturated carbocycles. The summed E-state index contributed by atoms with van der Waals surface area (Å²) in [5.74, 6) is 0.236. The predicted molar refractivity (Wildman–Crippen MR) is 169 cm³/mol. The molecule has 1 aliphatic rings. The molecule has 1 aliphatic heterocycles. The van der Waals surface area contributed by atoms with Crippen LogP contribution >= 0.6 is 11.6 Å². The van der Waals surface area contributed by atoms with E-state index in [1.54, 1.807) is 12.3 Å². The molecule has 0 aliphatic carbocycles. The summed E-state index contributed by atoms with van der Waals surface area (Å²) < 4.78 is 16.6. The van der Waals surface area contributed by atoms with Gasteiger partial charge in [-0.25, -0.2) is 9.18 Å². The van der Waals surface area contributed by atoms with Crippen LogP contribution in [0.1, 0.15) is 69.5 Å². The summed E-state index contributed by atoms with van der Waals surface area (Å²) >= 11 is 6.27. The number of fused-ring (bicyclic) bond motifs is 1. The van der Waals surface area contributed by atoms with Gasteiger partial charge in [0.05, 0.1) is 16.4 Å². The van der Waals surface area contributed by atoms with Gasteiger partial charge in [-0.3, -0.25) is 9.56 Å². The van der Waals surface area contributed by atoms with Crippen LogP contribution in [0.25, 0.3) is 28.0 Å². The fourth-order valence-corrected chi connectivity index (χ4v) is 5.99. The van der Waals surface area contributed by atoms with Crippen LogP contribution in [-0.2, 0) is 6.42 Å². The Labute approximate surface area is 250 Å². The van der Waals surface area contributed by atoms with Crippen LogP contribution in [0.4, 0.5) is 4.39 Å². The maximum absolute atomic E-state index is 15.1. The van der Waals surface area contributed by atoms with Crippen molar-refractivity contribution in [2.45, 2.75) is 70.9 Å². The van der Waals surface area contributed by atoms with Crippen LogP contribution in [-0.4, -0.2) is 33.1 Å². The largest absolute Gasteiger partial charge is 0.370 e. The summed E-state index contributed by atoms with van der Waals surface area (Å²) in [6.07, 6.45) is 8.78. The average Bonchev–Trinajstić information content (AvgIpc) is 3.37. The minimum absolute atomic E-state index is 0.0888. The number of H-pyrrole nitrogens is 1. The van der Waals surface area contributed by atoms with Gasteiger partial charge in [-0.05, 0) is 79.5 Å². The second kappa shape index (κ2) is 13.1. The Kier molecular flexibility index (Phi) is 9.28. The average molecular weight is 592 g/mol. The van der Waals surface area contributed by atoms with E-state index in [1.807, 2.05) is 36.4 Å². The van der Waals surface area contributed by atoms with Gasteiger partial charge >= 0.3 is 5.69 Å². The Hall–Kier alpha value is -3.69. The monoisotopic (exact) mass is 591 g/mol. The number of hydrogen-bond acceptors (Lipinski definition) is 4. The lowest BCUT2D eigenvalue weighted by Crippen LogP contribution is -2.37. The van der Waals surface area contributed by atoms with E-state index < -0.39 is 11.5 Å². The number of halogens is 2. The molecule has 1 saturated heterocycles. The minimum Gasteiger partial charge on any atom is -0.370 e. The van der Waals surface area contributed by atoms with Gasteiger partial charge < -0.3 is 21.8 Å². The lowest BCUT2D eigenvalue weighted by molar-refractivity contribution is 0.315. The standard InChI is InChI=1S/C32H39ClFN7O/c1-19(2)5-3-6-20-15-25(29(34)26(33)16-20)28-17-22-18-41(32(42)40-30(22)39-28)24-11-9-21(10-12-24)27-8-4-7-23(38-27)13-14-37-31(35)36/h9-12,15-19,23,27,38H,3-8,13-14H2,1-2H3,(H4,35,36,37)(H,39,40,42)/t23-,27-/m1/s1. The third-order valence-corrected chi connectivity index (χ3v) is 8.24. The molecule has 5 rings (SSSR count). The Balaban J connectivity index is 1.35. The molecule has 10 heteroatoms. The van der Waals surface area contributed by atoms with E-state index in [0.717, 1.165) is 56.1 Å². The van der Waals surface area contributed by atoms with Crippen LogP contribution < -0.4 is 22.5 Å². The van der Waals surface area contributed by atoms with E-state index in [1.165, 1.54) is 4.57 Å². The van der Waals surface area contributed by atoms with Gasteiger partial charge in [0.2, 0.25) is 0 Å². The molecule has 0 spiro atoms. The van der Waals surface area contributed by atoms with E-state index in [2.05, 4.69) is 34.1 Å². The zero-order valence-electron chi connectivity index (χ0n) is 24.2. The SMILES string of the molecule is CC(C)CCCc1cc(Cl)c(F)c(-c2cc3cn(-c4ccc([C@H]5CCC[C@H](CCN=C(N)N)N5)cc4)c(=O)nc3[nH]2)c1. The molecule has 0 unspecified atom stereocenters. The number of aryl methyl sites for hydroxylation is 1. The van der Waals surface area contributed by atoms with E-state index in [9.17, 15) is 4.79 Å². The molecule has 3 heterocycles. The smallest absolute Gasteiger partial charge is 0.354 e. The second-order valence-corrected chi connectivity index (χ2v) is 12.0. The Morgan fingerprint density at radius 1 is 1.19 bits per heavy atom. The second-order valence-electron chi connectivity index (χ2n) is 11.6. The summed E-state index contributed by atoms with van der Waals surface area (Å²) in [7, 11) is 0. The fourth-order valence-electron chi connectivity index (χ4n) is 5.75. The summed E-state index contributed by atoms with van der Waals surface area (Å²) in [5.41, 5.74) is 14.7. The normalized spacial score (nSPS) is 17.2. The number of aromatic nitrogens is 3. The highest BCUT2D eigenvalue weighted by Gasteiger charge is 2.22. The van der Waals surface area contributed by atoms with Crippen molar-refractivity contribution in [1.82, 2.24) is 19.9 Å². The van der Waals surface area contributed by atoms with Gasteiger partial charge in [0.15, 0.2) is 11.8 Å². The van der Waals surface area contributed by atoms with Crippen LogP contribution in [0.5, 0.6) is 0 Å². The summed E-state index contributed by atoms with van der Waals surface area (Å²) in [6, 6.07) is 13.9. The molecular weight excluding hydrogens is 553 g/mol. The molecule has 222 valence electrons. The first-order valence-electron chi connectivity index (χ1n) is 14.7. The highest BCUT2D eigenvalue weighted by molar-refractivity contribution is 6.31. The van der Waals surface area contributed by atoms with Crippen molar-refractivity contribution < 1.29 is 4.39 Å². The zero-order valence-corrected chi connectivity index (χ0v) is 24.9. The van der Waals surface area contributed by atoms with Gasteiger partial charge in [0.1, 0.15) is 5.65 Å². The summed E-state index contributed by atoms with van der Waals surface area (Å²) in [5, 5.41) is 4.50. The molecule has 2 atom stereocenters. The number of hydrogen-bond donors (Lipinski definition) is 4. The van der Waals surface area contributed by atoms with Gasteiger partial charge in [0, 0.05) is 35.8 Å². The van der Waals surface area contributed by atoms with Crippen molar-refractivity contribution in [2.75, 3.05) is 6.54 Å². The van der Waals surface area contributed by atoms with E-state index in [0.29, 0.717) is 46.5 Å². The molecular formula is C32H39ClFN7O. The molecule has 0 radical (unpaired) electrons. The third kappa shape index (κ3) is 7.02.